The minimum atomic E-state index is -0.515. The maximum absolute atomic E-state index is 10.9. The summed E-state index contributed by atoms with van der Waals surface area (Å²) in [7, 11) is 2.09. The molecular weight excluding hydrogens is 244 g/mol. The normalized spacial score (nSPS) is 16.8. The number of anilines is 1. The first-order valence-corrected chi connectivity index (χ1v) is 6.24. The van der Waals surface area contributed by atoms with E-state index in [0.717, 1.165) is 25.9 Å². The zero-order valence-electron chi connectivity index (χ0n) is 10.8. The third kappa shape index (κ3) is 3.20. The quantitative estimate of drug-likeness (QED) is 0.663. The highest BCUT2D eigenvalue weighted by Crippen LogP contribution is 2.24. The van der Waals surface area contributed by atoms with E-state index in [2.05, 4.69) is 17.3 Å². The Morgan fingerprint density at radius 3 is 2.74 bits per heavy atom. The topological polar surface area (TPSA) is 82.2 Å². The molecule has 19 heavy (non-hydrogen) atoms. The molecule has 1 fully saturated rings. The van der Waals surface area contributed by atoms with E-state index in [1.807, 2.05) is 6.07 Å². The van der Waals surface area contributed by atoms with Crippen LogP contribution >= 0.6 is 0 Å². The number of likely N-dealkylation sites (tertiary alicyclic amines) is 1. The monoisotopic (exact) mass is 260 g/mol. The van der Waals surface area contributed by atoms with Gasteiger partial charge in [-0.2, -0.15) is 5.26 Å². The fourth-order valence-electron chi connectivity index (χ4n) is 2.26. The lowest BCUT2D eigenvalue weighted by Crippen LogP contribution is -2.36. The van der Waals surface area contributed by atoms with Crippen LogP contribution in [-0.4, -0.2) is 36.0 Å². The summed E-state index contributed by atoms with van der Waals surface area (Å²) in [5.41, 5.74) is 0.666. The summed E-state index contributed by atoms with van der Waals surface area (Å²) in [6, 6.07) is 6.84. The molecule has 0 amide bonds. The van der Waals surface area contributed by atoms with Crippen LogP contribution in [0.1, 0.15) is 18.4 Å². The van der Waals surface area contributed by atoms with Gasteiger partial charge >= 0.3 is 0 Å². The average molecular weight is 260 g/mol. The number of nitriles is 1. The number of piperidine rings is 1. The Labute approximate surface area is 111 Å². The van der Waals surface area contributed by atoms with Gasteiger partial charge in [-0.05, 0) is 45.1 Å². The predicted octanol–water partition coefficient (Wildman–Crippen LogP) is 1.97. The summed E-state index contributed by atoms with van der Waals surface area (Å²) in [5, 5.41) is 23.0. The van der Waals surface area contributed by atoms with Crippen molar-refractivity contribution in [3.05, 3.63) is 33.9 Å². The van der Waals surface area contributed by atoms with Crippen LogP contribution in [0, 0.1) is 21.4 Å². The van der Waals surface area contributed by atoms with E-state index >= 15 is 0 Å². The fourth-order valence-corrected chi connectivity index (χ4v) is 2.26. The van der Waals surface area contributed by atoms with Gasteiger partial charge in [0.15, 0.2) is 0 Å². The number of hydrogen-bond acceptors (Lipinski definition) is 5. The largest absolute Gasteiger partial charge is 0.382 e. The van der Waals surface area contributed by atoms with Gasteiger partial charge in [-0.3, -0.25) is 10.1 Å². The van der Waals surface area contributed by atoms with Crippen molar-refractivity contribution in [2.24, 2.45) is 0 Å². The van der Waals surface area contributed by atoms with Gasteiger partial charge in [-0.1, -0.05) is 0 Å². The molecule has 0 bridgehead atoms. The van der Waals surface area contributed by atoms with E-state index in [1.54, 1.807) is 6.07 Å². The van der Waals surface area contributed by atoms with Crippen LogP contribution in [0.3, 0.4) is 0 Å². The van der Waals surface area contributed by atoms with Gasteiger partial charge < -0.3 is 10.2 Å². The number of hydrogen-bond donors (Lipinski definition) is 1. The second-order valence-electron chi connectivity index (χ2n) is 4.82. The number of benzene rings is 1. The number of rotatable bonds is 3. The third-order valence-corrected chi connectivity index (χ3v) is 3.40. The molecular formula is C13H16N4O2. The van der Waals surface area contributed by atoms with Crippen molar-refractivity contribution < 1.29 is 4.92 Å². The number of nitrogens with one attached hydrogen (secondary N) is 1. The average Bonchev–Trinajstić information content (AvgIpc) is 2.41. The Hall–Kier alpha value is -2.13. The first kappa shape index (κ1) is 13.3. The Morgan fingerprint density at radius 2 is 2.16 bits per heavy atom. The van der Waals surface area contributed by atoms with Crippen molar-refractivity contribution in [1.82, 2.24) is 4.90 Å². The maximum Gasteiger partial charge on any atom is 0.289 e. The standard InChI is InChI=1S/C13H16N4O2/c1-16-6-4-11(5-7-16)15-12-3-2-10(9-14)13(8-12)17(18)19/h2-3,8,11,15H,4-7H2,1H3. The van der Waals surface area contributed by atoms with Crippen molar-refractivity contribution in [1.29, 1.82) is 5.26 Å². The van der Waals surface area contributed by atoms with Gasteiger partial charge in [0.2, 0.25) is 0 Å². The van der Waals surface area contributed by atoms with Gasteiger partial charge in [0.1, 0.15) is 11.6 Å². The summed E-state index contributed by atoms with van der Waals surface area (Å²) < 4.78 is 0. The molecule has 1 heterocycles. The highest BCUT2D eigenvalue weighted by molar-refractivity contribution is 5.59. The van der Waals surface area contributed by atoms with Gasteiger partial charge in [0.25, 0.3) is 5.69 Å². The van der Waals surface area contributed by atoms with E-state index < -0.39 is 4.92 Å². The Balaban J connectivity index is 2.11. The lowest BCUT2D eigenvalue weighted by molar-refractivity contribution is -0.385. The molecule has 0 saturated carbocycles. The van der Waals surface area contributed by atoms with Crippen molar-refractivity contribution in [3.63, 3.8) is 0 Å². The van der Waals surface area contributed by atoms with Crippen LogP contribution in [0.5, 0.6) is 0 Å². The number of nitro groups is 1. The Morgan fingerprint density at radius 1 is 1.47 bits per heavy atom. The molecule has 0 radical (unpaired) electrons. The van der Waals surface area contributed by atoms with Crippen LogP contribution in [0.2, 0.25) is 0 Å². The molecule has 0 unspecified atom stereocenters. The Kier molecular flexibility index (Phi) is 3.97. The SMILES string of the molecule is CN1CCC(Nc2ccc(C#N)c([N+](=O)[O-])c2)CC1. The molecule has 2 rings (SSSR count). The van der Waals surface area contributed by atoms with Crippen LogP contribution < -0.4 is 5.32 Å². The van der Waals surface area contributed by atoms with Crippen LogP contribution in [0.15, 0.2) is 18.2 Å². The summed E-state index contributed by atoms with van der Waals surface area (Å²) in [5.74, 6) is 0. The molecule has 1 saturated heterocycles. The predicted molar refractivity (Wildman–Crippen MR) is 72.0 cm³/mol. The molecule has 100 valence electrons. The molecule has 1 aliphatic heterocycles. The molecule has 1 aromatic rings. The summed E-state index contributed by atoms with van der Waals surface area (Å²) in [6.45, 7) is 2.05. The zero-order valence-corrected chi connectivity index (χ0v) is 10.8. The summed E-state index contributed by atoms with van der Waals surface area (Å²) >= 11 is 0. The highest BCUT2D eigenvalue weighted by atomic mass is 16.6. The first-order valence-electron chi connectivity index (χ1n) is 6.24. The van der Waals surface area contributed by atoms with Gasteiger partial charge in [-0.15, -0.1) is 0 Å². The Bertz CT molecular complexity index is 516. The second-order valence-corrected chi connectivity index (χ2v) is 4.82. The molecule has 1 N–H and O–H groups in total. The smallest absolute Gasteiger partial charge is 0.289 e. The third-order valence-electron chi connectivity index (χ3n) is 3.40. The lowest BCUT2D eigenvalue weighted by Gasteiger charge is -2.30. The highest BCUT2D eigenvalue weighted by Gasteiger charge is 2.18. The van der Waals surface area contributed by atoms with E-state index in [0.29, 0.717) is 11.7 Å². The fraction of sp³-hybridized carbons (Fsp3) is 0.462. The molecule has 1 aliphatic rings. The second kappa shape index (κ2) is 5.67. The van der Waals surface area contributed by atoms with Crippen molar-refractivity contribution >= 4 is 11.4 Å². The van der Waals surface area contributed by atoms with Crippen molar-refractivity contribution in [3.8, 4) is 6.07 Å². The molecule has 0 aliphatic carbocycles. The maximum atomic E-state index is 10.9. The van der Waals surface area contributed by atoms with Gasteiger partial charge in [0, 0.05) is 17.8 Å². The zero-order chi connectivity index (χ0) is 13.8. The summed E-state index contributed by atoms with van der Waals surface area (Å²) in [6.07, 6.45) is 2.04. The van der Waals surface area contributed by atoms with E-state index in [-0.39, 0.29) is 11.3 Å². The van der Waals surface area contributed by atoms with E-state index in [9.17, 15) is 10.1 Å². The molecule has 0 atom stereocenters. The van der Waals surface area contributed by atoms with Crippen molar-refractivity contribution in [2.75, 3.05) is 25.5 Å². The molecule has 0 aromatic heterocycles. The molecule has 6 heteroatoms. The lowest BCUT2D eigenvalue weighted by atomic mass is 10.0. The van der Waals surface area contributed by atoms with Gasteiger partial charge in [0.05, 0.1) is 4.92 Å². The summed E-state index contributed by atoms with van der Waals surface area (Å²) in [4.78, 5) is 12.6. The minimum Gasteiger partial charge on any atom is -0.382 e. The van der Waals surface area contributed by atoms with E-state index in [1.165, 1.54) is 12.1 Å². The molecule has 0 spiro atoms. The van der Waals surface area contributed by atoms with Crippen LogP contribution in [0.4, 0.5) is 11.4 Å². The van der Waals surface area contributed by atoms with Crippen molar-refractivity contribution in [2.45, 2.75) is 18.9 Å². The first-order chi connectivity index (χ1) is 9.10. The number of nitro benzene ring substituents is 1. The number of nitrogens with zero attached hydrogens (tertiary/aromatic N) is 3. The van der Waals surface area contributed by atoms with Crippen LogP contribution in [0.25, 0.3) is 0 Å². The molecule has 6 nitrogen and oxygen atoms in total. The molecule has 1 aromatic carbocycles. The van der Waals surface area contributed by atoms with Gasteiger partial charge in [-0.25, -0.2) is 0 Å². The van der Waals surface area contributed by atoms with E-state index in [4.69, 9.17) is 5.26 Å². The minimum absolute atomic E-state index is 0.0962. The van der Waals surface area contributed by atoms with Crippen LogP contribution in [-0.2, 0) is 0 Å².